The number of benzene rings is 1. The minimum Gasteiger partial charge on any atom is -0.381 e. The van der Waals surface area contributed by atoms with Crippen LogP contribution in [0.25, 0.3) is 10.8 Å². The van der Waals surface area contributed by atoms with Gasteiger partial charge < -0.3 is 4.74 Å². The third-order valence-corrected chi connectivity index (χ3v) is 3.54. The lowest BCUT2D eigenvalue weighted by Gasteiger charge is -2.21. The predicted molar refractivity (Wildman–Crippen MR) is 69.6 cm³/mol. The maximum Gasteiger partial charge on any atom is 0.166 e. The molecule has 1 aromatic heterocycles. The standard InChI is InChI=1S/C15H15NO2/c17-15(11-5-8-18-9-6-11)14-3-1-2-12-10-16-7-4-13(12)14/h1-4,7,10-11H,5-6,8-9H2. The van der Waals surface area contributed by atoms with Gasteiger partial charge in [-0.05, 0) is 24.3 Å². The Morgan fingerprint density at radius 3 is 2.89 bits per heavy atom. The third-order valence-electron chi connectivity index (χ3n) is 3.54. The van der Waals surface area contributed by atoms with Crippen molar-refractivity contribution in [3.05, 3.63) is 42.2 Å². The molecule has 1 saturated heterocycles. The van der Waals surface area contributed by atoms with Gasteiger partial charge in [-0.15, -0.1) is 0 Å². The largest absolute Gasteiger partial charge is 0.381 e. The summed E-state index contributed by atoms with van der Waals surface area (Å²) in [5.41, 5.74) is 0.821. The van der Waals surface area contributed by atoms with Gasteiger partial charge in [0.2, 0.25) is 0 Å². The van der Waals surface area contributed by atoms with E-state index in [0.29, 0.717) is 13.2 Å². The number of Topliss-reactive ketones (excluding diaryl/α,β-unsaturated/α-hetero) is 1. The molecule has 1 aliphatic heterocycles. The fraction of sp³-hybridized carbons (Fsp3) is 0.333. The molecule has 3 nitrogen and oxygen atoms in total. The van der Waals surface area contributed by atoms with Crippen LogP contribution in [0.1, 0.15) is 23.2 Å². The van der Waals surface area contributed by atoms with E-state index in [9.17, 15) is 4.79 Å². The highest BCUT2D eigenvalue weighted by atomic mass is 16.5. The number of carbonyl (C=O) groups is 1. The highest BCUT2D eigenvalue weighted by Crippen LogP contribution is 2.25. The van der Waals surface area contributed by atoms with Crippen molar-refractivity contribution in [1.82, 2.24) is 4.98 Å². The first-order chi connectivity index (χ1) is 8.86. The summed E-state index contributed by atoms with van der Waals surface area (Å²) in [6, 6.07) is 7.75. The van der Waals surface area contributed by atoms with Gasteiger partial charge in [-0.3, -0.25) is 9.78 Å². The number of rotatable bonds is 2. The average molecular weight is 241 g/mol. The summed E-state index contributed by atoms with van der Waals surface area (Å²) < 4.78 is 5.31. The summed E-state index contributed by atoms with van der Waals surface area (Å²) in [5.74, 6) is 0.354. The van der Waals surface area contributed by atoms with E-state index < -0.39 is 0 Å². The molecular formula is C15H15NO2. The molecule has 3 heteroatoms. The molecule has 18 heavy (non-hydrogen) atoms. The van der Waals surface area contributed by atoms with Crippen LogP contribution in [0.3, 0.4) is 0 Å². The van der Waals surface area contributed by atoms with Gasteiger partial charge in [0, 0.05) is 42.5 Å². The molecule has 0 spiro atoms. The first-order valence-corrected chi connectivity index (χ1v) is 6.31. The second-order valence-corrected chi connectivity index (χ2v) is 4.65. The van der Waals surface area contributed by atoms with Crippen LogP contribution in [0.2, 0.25) is 0 Å². The highest BCUT2D eigenvalue weighted by molar-refractivity contribution is 6.08. The second kappa shape index (κ2) is 4.86. The van der Waals surface area contributed by atoms with Crippen molar-refractivity contribution in [2.45, 2.75) is 12.8 Å². The zero-order valence-corrected chi connectivity index (χ0v) is 10.1. The van der Waals surface area contributed by atoms with Gasteiger partial charge in [-0.1, -0.05) is 18.2 Å². The summed E-state index contributed by atoms with van der Waals surface area (Å²) in [6.45, 7) is 1.39. The molecular weight excluding hydrogens is 226 g/mol. The number of aromatic nitrogens is 1. The van der Waals surface area contributed by atoms with Crippen LogP contribution in [-0.4, -0.2) is 24.0 Å². The Balaban J connectivity index is 2.00. The molecule has 0 atom stereocenters. The summed E-state index contributed by atoms with van der Waals surface area (Å²) in [7, 11) is 0. The molecule has 0 saturated carbocycles. The lowest BCUT2D eigenvalue weighted by atomic mass is 9.89. The van der Waals surface area contributed by atoms with Crippen LogP contribution < -0.4 is 0 Å². The number of carbonyl (C=O) groups excluding carboxylic acids is 1. The molecule has 0 N–H and O–H groups in total. The minimum absolute atomic E-state index is 0.109. The number of nitrogens with zero attached hydrogens (tertiary/aromatic N) is 1. The predicted octanol–water partition coefficient (Wildman–Crippen LogP) is 2.84. The maximum atomic E-state index is 12.5. The van der Waals surface area contributed by atoms with Crippen molar-refractivity contribution >= 4 is 16.6 Å². The topological polar surface area (TPSA) is 39.2 Å². The number of ketones is 1. The van der Waals surface area contributed by atoms with Crippen molar-refractivity contribution in [3.63, 3.8) is 0 Å². The van der Waals surface area contributed by atoms with E-state index in [4.69, 9.17) is 4.74 Å². The van der Waals surface area contributed by atoms with E-state index in [-0.39, 0.29) is 11.7 Å². The zero-order valence-electron chi connectivity index (χ0n) is 10.1. The number of fused-ring (bicyclic) bond motifs is 1. The molecule has 0 aliphatic carbocycles. The van der Waals surface area contributed by atoms with Crippen LogP contribution in [-0.2, 0) is 4.74 Å². The third kappa shape index (κ3) is 2.02. The molecule has 3 rings (SSSR count). The molecule has 0 unspecified atom stereocenters. The van der Waals surface area contributed by atoms with Gasteiger partial charge in [-0.2, -0.15) is 0 Å². The quantitative estimate of drug-likeness (QED) is 0.759. The van der Waals surface area contributed by atoms with E-state index in [0.717, 1.165) is 29.2 Å². The molecule has 0 amide bonds. The lowest BCUT2D eigenvalue weighted by molar-refractivity contribution is 0.0546. The Morgan fingerprint density at radius 1 is 1.22 bits per heavy atom. The number of hydrogen-bond donors (Lipinski definition) is 0. The molecule has 0 radical (unpaired) electrons. The van der Waals surface area contributed by atoms with E-state index in [1.165, 1.54) is 0 Å². The number of hydrogen-bond acceptors (Lipinski definition) is 3. The van der Waals surface area contributed by atoms with Gasteiger partial charge in [-0.25, -0.2) is 0 Å². The average Bonchev–Trinajstić information content (AvgIpc) is 2.47. The van der Waals surface area contributed by atoms with Crippen LogP contribution in [0, 0.1) is 5.92 Å². The number of ether oxygens (including phenoxy) is 1. The molecule has 1 aliphatic rings. The summed E-state index contributed by atoms with van der Waals surface area (Å²) >= 11 is 0. The van der Waals surface area contributed by atoms with Crippen LogP contribution >= 0.6 is 0 Å². The first-order valence-electron chi connectivity index (χ1n) is 6.31. The van der Waals surface area contributed by atoms with Crippen molar-refractivity contribution in [2.24, 2.45) is 5.92 Å². The first kappa shape index (κ1) is 11.4. The normalized spacial score (nSPS) is 16.9. The van der Waals surface area contributed by atoms with Crippen molar-refractivity contribution < 1.29 is 9.53 Å². The highest BCUT2D eigenvalue weighted by Gasteiger charge is 2.23. The zero-order chi connectivity index (χ0) is 12.4. The summed E-state index contributed by atoms with van der Waals surface area (Å²) in [5, 5.41) is 2.03. The van der Waals surface area contributed by atoms with Crippen molar-refractivity contribution in [1.29, 1.82) is 0 Å². The Hall–Kier alpha value is -1.74. The fourth-order valence-corrected chi connectivity index (χ4v) is 2.52. The summed E-state index contributed by atoms with van der Waals surface area (Å²) in [4.78, 5) is 16.6. The Labute approximate surface area is 106 Å². The maximum absolute atomic E-state index is 12.5. The fourth-order valence-electron chi connectivity index (χ4n) is 2.52. The molecule has 0 bridgehead atoms. The van der Waals surface area contributed by atoms with E-state index in [1.807, 2.05) is 24.3 Å². The van der Waals surface area contributed by atoms with E-state index in [2.05, 4.69) is 4.98 Å². The SMILES string of the molecule is O=C(c1cccc2cnccc12)C1CCOCC1. The van der Waals surface area contributed by atoms with Crippen molar-refractivity contribution in [2.75, 3.05) is 13.2 Å². The van der Waals surface area contributed by atoms with Gasteiger partial charge in [0.25, 0.3) is 0 Å². The lowest BCUT2D eigenvalue weighted by Crippen LogP contribution is -2.23. The van der Waals surface area contributed by atoms with Crippen LogP contribution in [0.5, 0.6) is 0 Å². The molecule has 1 fully saturated rings. The van der Waals surface area contributed by atoms with Crippen molar-refractivity contribution in [3.8, 4) is 0 Å². The van der Waals surface area contributed by atoms with E-state index >= 15 is 0 Å². The smallest absolute Gasteiger partial charge is 0.166 e. The molecule has 2 aromatic rings. The van der Waals surface area contributed by atoms with Crippen LogP contribution in [0.15, 0.2) is 36.7 Å². The Kier molecular flexibility index (Phi) is 3.07. The van der Waals surface area contributed by atoms with Gasteiger partial charge in [0.15, 0.2) is 5.78 Å². The molecule has 92 valence electrons. The van der Waals surface area contributed by atoms with Crippen LogP contribution in [0.4, 0.5) is 0 Å². The molecule has 2 heterocycles. The van der Waals surface area contributed by atoms with Gasteiger partial charge >= 0.3 is 0 Å². The molecule has 1 aromatic carbocycles. The summed E-state index contributed by atoms with van der Waals surface area (Å²) in [6.07, 6.45) is 5.21. The van der Waals surface area contributed by atoms with Gasteiger partial charge in [0.1, 0.15) is 0 Å². The monoisotopic (exact) mass is 241 g/mol. The second-order valence-electron chi connectivity index (χ2n) is 4.65. The van der Waals surface area contributed by atoms with E-state index in [1.54, 1.807) is 12.4 Å². The Bertz CT molecular complexity index is 568. The minimum atomic E-state index is 0.109. The van der Waals surface area contributed by atoms with Gasteiger partial charge in [0.05, 0.1) is 0 Å². The number of pyridine rings is 1. The Morgan fingerprint density at radius 2 is 2.06 bits per heavy atom.